The molecule has 0 radical (unpaired) electrons. The summed E-state index contributed by atoms with van der Waals surface area (Å²) in [6.45, 7) is 14.0. The molecule has 0 amide bonds. The fourth-order valence-corrected chi connectivity index (χ4v) is 1.64. The van der Waals surface area contributed by atoms with E-state index in [-0.39, 0.29) is 0 Å². The zero-order valence-electron chi connectivity index (χ0n) is 12.4. The number of hydrogen-bond donors (Lipinski definition) is 1. The van der Waals surface area contributed by atoms with Crippen LogP contribution < -0.4 is 5.32 Å². The third-order valence-corrected chi connectivity index (χ3v) is 2.66. The predicted molar refractivity (Wildman–Crippen MR) is 74.6 cm³/mol. The van der Waals surface area contributed by atoms with Crippen LogP contribution in [0.1, 0.15) is 39.0 Å². The molecule has 0 saturated heterocycles. The number of aryl methyl sites for hydroxylation is 1. The van der Waals surface area contributed by atoms with Crippen molar-refractivity contribution in [3.63, 3.8) is 0 Å². The summed E-state index contributed by atoms with van der Waals surface area (Å²) < 4.78 is 7.55. The van der Waals surface area contributed by atoms with Crippen molar-refractivity contribution in [3.05, 3.63) is 17.5 Å². The summed E-state index contributed by atoms with van der Waals surface area (Å²) in [5.41, 5.74) is 2.37. The predicted octanol–water partition coefficient (Wildman–Crippen LogP) is 2.36. The number of aromatic nitrogens is 2. The maximum absolute atomic E-state index is 5.57. The van der Waals surface area contributed by atoms with Gasteiger partial charge in [0.1, 0.15) is 0 Å². The topological polar surface area (TPSA) is 39.1 Å². The molecule has 4 nitrogen and oxygen atoms in total. The Bertz CT molecular complexity index is 345. The van der Waals surface area contributed by atoms with E-state index < -0.39 is 0 Å². The fourth-order valence-electron chi connectivity index (χ4n) is 1.64. The van der Waals surface area contributed by atoms with Crippen LogP contribution in [0.25, 0.3) is 0 Å². The Morgan fingerprint density at radius 1 is 1.33 bits per heavy atom. The van der Waals surface area contributed by atoms with Crippen molar-refractivity contribution in [1.82, 2.24) is 15.1 Å². The van der Waals surface area contributed by atoms with Gasteiger partial charge < -0.3 is 10.1 Å². The van der Waals surface area contributed by atoms with Gasteiger partial charge in [0.05, 0.1) is 18.8 Å². The molecule has 0 bridgehead atoms. The van der Waals surface area contributed by atoms with Crippen molar-refractivity contribution in [2.45, 2.75) is 53.8 Å². The highest BCUT2D eigenvalue weighted by Gasteiger charge is 2.05. The first-order valence-electron chi connectivity index (χ1n) is 6.83. The highest BCUT2D eigenvalue weighted by Crippen LogP contribution is 2.05. The van der Waals surface area contributed by atoms with E-state index >= 15 is 0 Å². The Labute approximate surface area is 111 Å². The second-order valence-corrected chi connectivity index (χ2v) is 5.51. The van der Waals surface area contributed by atoms with Gasteiger partial charge in [-0.2, -0.15) is 5.10 Å². The Morgan fingerprint density at radius 3 is 2.67 bits per heavy atom. The molecule has 0 aliphatic rings. The Hall–Kier alpha value is -0.870. The van der Waals surface area contributed by atoms with Crippen LogP contribution >= 0.6 is 0 Å². The maximum Gasteiger partial charge on any atom is 0.0662 e. The lowest BCUT2D eigenvalue weighted by molar-refractivity contribution is 0.101. The minimum atomic E-state index is 0.502. The van der Waals surface area contributed by atoms with Crippen LogP contribution in [0.3, 0.4) is 0 Å². The fraction of sp³-hybridized carbons (Fsp3) is 0.786. The van der Waals surface area contributed by atoms with E-state index in [9.17, 15) is 0 Å². The minimum Gasteiger partial charge on any atom is -0.379 e. The molecule has 18 heavy (non-hydrogen) atoms. The number of ether oxygens (including phenoxy) is 1. The molecule has 1 heterocycles. The van der Waals surface area contributed by atoms with Gasteiger partial charge in [-0.25, -0.2) is 0 Å². The summed E-state index contributed by atoms with van der Waals surface area (Å²) in [6, 6.07) is 0.502. The van der Waals surface area contributed by atoms with E-state index in [1.807, 2.05) is 4.68 Å². The highest BCUT2D eigenvalue weighted by molar-refractivity contribution is 5.15. The van der Waals surface area contributed by atoms with Crippen LogP contribution in [0.5, 0.6) is 0 Å². The van der Waals surface area contributed by atoms with Crippen molar-refractivity contribution in [2.24, 2.45) is 5.92 Å². The molecule has 104 valence electrons. The molecule has 0 saturated carbocycles. The van der Waals surface area contributed by atoms with Crippen molar-refractivity contribution in [2.75, 3.05) is 13.2 Å². The van der Waals surface area contributed by atoms with Crippen LogP contribution in [0.4, 0.5) is 0 Å². The summed E-state index contributed by atoms with van der Waals surface area (Å²) >= 11 is 0. The van der Waals surface area contributed by atoms with Crippen LogP contribution in [0.15, 0.2) is 6.20 Å². The van der Waals surface area contributed by atoms with Gasteiger partial charge >= 0.3 is 0 Å². The monoisotopic (exact) mass is 253 g/mol. The molecular formula is C14H27N3O. The van der Waals surface area contributed by atoms with Gasteiger partial charge in [-0.15, -0.1) is 0 Å². The molecule has 4 heteroatoms. The number of nitrogens with one attached hydrogen (secondary N) is 1. The number of hydrogen-bond acceptors (Lipinski definition) is 3. The third kappa shape index (κ3) is 5.65. The quantitative estimate of drug-likeness (QED) is 0.723. The highest BCUT2D eigenvalue weighted by atomic mass is 16.5. The van der Waals surface area contributed by atoms with Gasteiger partial charge in [0, 0.05) is 31.0 Å². The normalized spacial score (nSPS) is 11.7. The zero-order valence-corrected chi connectivity index (χ0v) is 12.4. The molecule has 1 rings (SSSR count). The lowest BCUT2D eigenvalue weighted by Gasteiger charge is -2.07. The van der Waals surface area contributed by atoms with E-state index in [1.54, 1.807) is 0 Å². The van der Waals surface area contributed by atoms with Gasteiger partial charge in [0.2, 0.25) is 0 Å². The molecule has 0 fully saturated rings. The largest absolute Gasteiger partial charge is 0.379 e. The van der Waals surface area contributed by atoms with Crippen molar-refractivity contribution in [3.8, 4) is 0 Å². The first-order chi connectivity index (χ1) is 8.49. The maximum atomic E-state index is 5.57. The summed E-state index contributed by atoms with van der Waals surface area (Å²) in [5.74, 6) is 0.593. The number of nitrogens with zero attached hydrogens (tertiary/aromatic N) is 2. The summed E-state index contributed by atoms with van der Waals surface area (Å²) in [4.78, 5) is 0. The molecule has 0 aliphatic carbocycles. The summed E-state index contributed by atoms with van der Waals surface area (Å²) in [5, 5.41) is 7.92. The molecule has 1 aromatic heterocycles. The molecule has 1 N–H and O–H groups in total. The van der Waals surface area contributed by atoms with Gasteiger partial charge in [-0.1, -0.05) is 27.7 Å². The van der Waals surface area contributed by atoms with E-state index in [4.69, 9.17) is 4.74 Å². The molecular weight excluding hydrogens is 226 g/mol. The van der Waals surface area contributed by atoms with Crippen molar-refractivity contribution < 1.29 is 4.74 Å². The standard InChI is InChI=1S/C14H27N3O/c1-11(2)10-18-7-6-17-9-14(13(5)16-17)8-15-12(3)4/h9,11-12,15H,6-8,10H2,1-5H3. The average Bonchev–Trinajstić information content (AvgIpc) is 2.62. The third-order valence-electron chi connectivity index (χ3n) is 2.66. The van der Waals surface area contributed by atoms with Gasteiger partial charge in [0.15, 0.2) is 0 Å². The second-order valence-electron chi connectivity index (χ2n) is 5.51. The molecule has 0 aliphatic heterocycles. The first kappa shape index (κ1) is 15.2. The average molecular weight is 253 g/mol. The van der Waals surface area contributed by atoms with Crippen molar-refractivity contribution >= 4 is 0 Å². The van der Waals surface area contributed by atoms with E-state index in [0.717, 1.165) is 32.0 Å². The lowest BCUT2D eigenvalue weighted by atomic mass is 10.2. The first-order valence-corrected chi connectivity index (χ1v) is 6.83. The Balaban J connectivity index is 2.36. The lowest BCUT2D eigenvalue weighted by Crippen LogP contribution is -2.21. The molecule has 0 atom stereocenters. The Kier molecular flexibility index (Phi) is 6.36. The van der Waals surface area contributed by atoms with Gasteiger partial charge in [-0.3, -0.25) is 4.68 Å². The van der Waals surface area contributed by atoms with Crippen LogP contribution in [-0.4, -0.2) is 29.0 Å². The second kappa shape index (κ2) is 7.54. The van der Waals surface area contributed by atoms with Crippen LogP contribution in [-0.2, 0) is 17.8 Å². The SMILES string of the molecule is Cc1nn(CCOCC(C)C)cc1CNC(C)C. The van der Waals surface area contributed by atoms with Gasteiger partial charge in [-0.05, 0) is 12.8 Å². The van der Waals surface area contributed by atoms with Crippen LogP contribution in [0, 0.1) is 12.8 Å². The van der Waals surface area contributed by atoms with Crippen molar-refractivity contribution in [1.29, 1.82) is 0 Å². The van der Waals surface area contributed by atoms with Gasteiger partial charge in [0.25, 0.3) is 0 Å². The van der Waals surface area contributed by atoms with Crippen LogP contribution in [0.2, 0.25) is 0 Å². The molecule has 0 aromatic carbocycles. The number of rotatable bonds is 8. The molecule has 0 spiro atoms. The molecule has 1 aromatic rings. The van der Waals surface area contributed by atoms with E-state index in [2.05, 4.69) is 51.2 Å². The van der Waals surface area contributed by atoms with E-state index in [0.29, 0.717) is 12.0 Å². The summed E-state index contributed by atoms with van der Waals surface area (Å²) in [7, 11) is 0. The van der Waals surface area contributed by atoms with E-state index in [1.165, 1.54) is 5.56 Å². The minimum absolute atomic E-state index is 0.502. The zero-order chi connectivity index (χ0) is 13.5. The Morgan fingerprint density at radius 2 is 2.06 bits per heavy atom. The smallest absolute Gasteiger partial charge is 0.0662 e. The summed E-state index contributed by atoms with van der Waals surface area (Å²) in [6.07, 6.45) is 2.11. The molecule has 0 unspecified atom stereocenters.